The fourth-order valence-electron chi connectivity index (χ4n) is 3.24. The van der Waals surface area contributed by atoms with Crippen LogP contribution in [0.15, 0.2) is 59.1 Å². The summed E-state index contributed by atoms with van der Waals surface area (Å²) >= 11 is 1.47. The maximum absolute atomic E-state index is 12.8. The number of halogens is 3. The van der Waals surface area contributed by atoms with Gasteiger partial charge in [0.25, 0.3) is 5.91 Å². The van der Waals surface area contributed by atoms with Crippen molar-refractivity contribution in [2.75, 3.05) is 18.2 Å². The zero-order chi connectivity index (χ0) is 21.5. The molecule has 0 unspecified atom stereocenters. The number of aromatic nitrogens is 2. The lowest BCUT2D eigenvalue weighted by Gasteiger charge is -2.10. The predicted octanol–water partition coefficient (Wildman–Crippen LogP) is 4.91. The predicted molar refractivity (Wildman–Crippen MR) is 112 cm³/mol. The quantitative estimate of drug-likeness (QED) is 0.637. The molecule has 156 valence electrons. The number of nitrogens with zero attached hydrogens (tertiary/aromatic N) is 3. The number of benzene rings is 2. The van der Waals surface area contributed by atoms with Gasteiger partial charge in [0.05, 0.1) is 28.4 Å². The van der Waals surface area contributed by atoms with Gasteiger partial charge in [-0.25, -0.2) is 0 Å². The smallest absolute Gasteiger partial charge is 0.367 e. The molecule has 0 atom stereocenters. The van der Waals surface area contributed by atoms with E-state index < -0.39 is 11.7 Å². The first-order valence-electron chi connectivity index (χ1n) is 9.22. The van der Waals surface area contributed by atoms with Gasteiger partial charge in [-0.2, -0.15) is 18.3 Å². The summed E-state index contributed by atoms with van der Waals surface area (Å²) in [4.78, 5) is 15.4. The van der Waals surface area contributed by atoms with Crippen LogP contribution in [-0.4, -0.2) is 33.5 Å². The van der Waals surface area contributed by atoms with Crippen molar-refractivity contribution in [2.45, 2.75) is 19.6 Å². The van der Waals surface area contributed by atoms with Crippen LogP contribution in [-0.2, 0) is 17.5 Å². The molecular formula is C21H19F3N4OS. The van der Waals surface area contributed by atoms with E-state index in [9.17, 15) is 18.0 Å². The molecule has 1 aliphatic heterocycles. The molecule has 9 heteroatoms. The van der Waals surface area contributed by atoms with Gasteiger partial charge in [0.1, 0.15) is 0 Å². The van der Waals surface area contributed by atoms with E-state index in [-0.39, 0.29) is 12.5 Å². The zero-order valence-corrected chi connectivity index (χ0v) is 17.1. The van der Waals surface area contributed by atoms with Crippen molar-refractivity contribution < 1.29 is 18.0 Å². The van der Waals surface area contributed by atoms with Gasteiger partial charge in [-0.3, -0.25) is 9.48 Å². The highest BCUT2D eigenvalue weighted by atomic mass is 32.2. The Morgan fingerprint density at radius 2 is 1.87 bits per heavy atom. The van der Waals surface area contributed by atoms with E-state index in [2.05, 4.69) is 10.4 Å². The van der Waals surface area contributed by atoms with Crippen LogP contribution in [0.1, 0.15) is 18.1 Å². The number of para-hydroxylation sites is 1. The van der Waals surface area contributed by atoms with Gasteiger partial charge in [0, 0.05) is 18.1 Å². The van der Waals surface area contributed by atoms with Crippen LogP contribution in [0.3, 0.4) is 0 Å². The van der Waals surface area contributed by atoms with Crippen LogP contribution >= 0.6 is 11.8 Å². The highest BCUT2D eigenvalue weighted by Crippen LogP contribution is 2.32. The van der Waals surface area contributed by atoms with E-state index in [0.29, 0.717) is 16.3 Å². The van der Waals surface area contributed by atoms with Crippen molar-refractivity contribution in [3.63, 3.8) is 0 Å². The normalized spacial score (nSPS) is 14.6. The summed E-state index contributed by atoms with van der Waals surface area (Å²) in [5, 5.41) is 8.19. The summed E-state index contributed by atoms with van der Waals surface area (Å²) < 4.78 is 40.1. The third-order valence-electron chi connectivity index (χ3n) is 5.01. The lowest BCUT2D eigenvalue weighted by molar-refractivity contribution is -0.137. The number of alkyl halides is 3. The number of allylic oxidation sites excluding steroid dienone is 1. The van der Waals surface area contributed by atoms with Crippen LogP contribution in [0.25, 0.3) is 10.9 Å². The number of hydrogen-bond donors (Lipinski definition) is 1. The van der Waals surface area contributed by atoms with Crippen molar-refractivity contribution in [3.8, 4) is 0 Å². The second-order valence-electron chi connectivity index (χ2n) is 7.06. The third-order valence-corrected chi connectivity index (χ3v) is 6.30. The molecule has 1 N–H and O–H groups in total. The molecule has 0 spiro atoms. The number of carbonyl (C=O) groups is 1. The first-order chi connectivity index (χ1) is 14.2. The van der Waals surface area contributed by atoms with Crippen molar-refractivity contribution in [1.82, 2.24) is 14.7 Å². The van der Waals surface area contributed by atoms with Crippen molar-refractivity contribution in [1.29, 1.82) is 0 Å². The lowest BCUT2D eigenvalue weighted by atomic mass is 10.1. The fourth-order valence-corrected chi connectivity index (χ4v) is 4.31. The standard InChI is InChI=1S/C21H19F3N4OS/c1-13-18(30-12-27(13)2)20(29)25-19-16-5-3-4-6-17(16)28(26-19)11-14-7-9-15(10-8-14)21(22,23)24/h3-10H,11-12H2,1-2H3,(H,25,26,29). The van der Waals surface area contributed by atoms with E-state index in [0.717, 1.165) is 34.6 Å². The molecule has 3 aromatic rings. The van der Waals surface area contributed by atoms with Crippen LogP contribution in [0.4, 0.5) is 19.0 Å². The number of anilines is 1. The maximum Gasteiger partial charge on any atom is 0.416 e. The molecule has 1 aliphatic rings. The summed E-state index contributed by atoms with van der Waals surface area (Å²) in [5.74, 6) is 0.933. The summed E-state index contributed by atoms with van der Waals surface area (Å²) in [6.07, 6.45) is -4.37. The summed E-state index contributed by atoms with van der Waals surface area (Å²) in [5.41, 5.74) is 1.69. The van der Waals surface area contributed by atoms with Crippen LogP contribution in [0.2, 0.25) is 0 Å². The van der Waals surface area contributed by atoms with E-state index in [1.807, 2.05) is 43.1 Å². The Bertz CT molecular complexity index is 1140. The Hall–Kier alpha value is -2.94. The number of thioether (sulfide) groups is 1. The van der Waals surface area contributed by atoms with Gasteiger partial charge in [-0.05, 0) is 36.8 Å². The fraction of sp³-hybridized carbons (Fsp3) is 0.238. The lowest BCUT2D eigenvalue weighted by Crippen LogP contribution is -2.15. The van der Waals surface area contributed by atoms with Gasteiger partial charge < -0.3 is 10.2 Å². The molecule has 30 heavy (non-hydrogen) atoms. The van der Waals surface area contributed by atoms with Gasteiger partial charge in [-0.15, -0.1) is 0 Å². The SMILES string of the molecule is CC1=C(C(=O)Nc2nn(Cc3ccc(C(F)(F)F)cc3)c3ccccc23)SCN1C. The van der Waals surface area contributed by atoms with Gasteiger partial charge in [0.2, 0.25) is 0 Å². The molecule has 0 fully saturated rings. The van der Waals surface area contributed by atoms with E-state index in [4.69, 9.17) is 0 Å². The second kappa shape index (κ2) is 7.71. The molecule has 2 aromatic carbocycles. The Kier molecular flexibility index (Phi) is 5.23. The summed E-state index contributed by atoms with van der Waals surface area (Å²) in [7, 11) is 1.93. The molecule has 4 rings (SSSR count). The summed E-state index contributed by atoms with van der Waals surface area (Å²) in [6, 6.07) is 12.4. The minimum Gasteiger partial charge on any atom is -0.367 e. The first-order valence-corrected chi connectivity index (χ1v) is 10.2. The Labute approximate surface area is 175 Å². The monoisotopic (exact) mass is 432 g/mol. The number of carbonyl (C=O) groups excluding carboxylic acids is 1. The average molecular weight is 432 g/mol. The Morgan fingerprint density at radius 1 is 1.17 bits per heavy atom. The molecule has 0 aliphatic carbocycles. The van der Waals surface area contributed by atoms with Crippen LogP contribution in [0.5, 0.6) is 0 Å². The van der Waals surface area contributed by atoms with Gasteiger partial charge >= 0.3 is 6.18 Å². The molecule has 1 amide bonds. The van der Waals surface area contributed by atoms with Crippen molar-refractivity contribution >= 4 is 34.4 Å². The second-order valence-corrected chi connectivity index (χ2v) is 8.01. The van der Waals surface area contributed by atoms with E-state index >= 15 is 0 Å². The number of hydrogen-bond acceptors (Lipinski definition) is 4. The zero-order valence-electron chi connectivity index (χ0n) is 16.3. The largest absolute Gasteiger partial charge is 0.416 e. The van der Waals surface area contributed by atoms with Crippen LogP contribution in [0, 0.1) is 0 Å². The highest BCUT2D eigenvalue weighted by molar-refractivity contribution is 8.04. The maximum atomic E-state index is 12.8. The number of amides is 1. The molecule has 2 heterocycles. The minimum absolute atomic E-state index is 0.216. The summed E-state index contributed by atoms with van der Waals surface area (Å²) in [6.45, 7) is 2.18. The molecule has 1 aromatic heterocycles. The number of fused-ring (bicyclic) bond motifs is 1. The van der Waals surface area contributed by atoms with Crippen molar-refractivity contribution in [2.24, 2.45) is 0 Å². The molecule has 0 bridgehead atoms. The van der Waals surface area contributed by atoms with Crippen LogP contribution < -0.4 is 5.32 Å². The molecule has 5 nitrogen and oxygen atoms in total. The van der Waals surface area contributed by atoms with Gasteiger partial charge in [-0.1, -0.05) is 36.0 Å². The number of nitrogens with one attached hydrogen (secondary N) is 1. The molecular weight excluding hydrogens is 413 g/mol. The third kappa shape index (κ3) is 3.89. The molecule has 0 saturated carbocycles. The van der Waals surface area contributed by atoms with Gasteiger partial charge in [0.15, 0.2) is 5.82 Å². The van der Waals surface area contributed by atoms with E-state index in [1.165, 1.54) is 23.9 Å². The topological polar surface area (TPSA) is 50.2 Å². The number of rotatable bonds is 4. The molecule has 0 radical (unpaired) electrons. The average Bonchev–Trinajstić information content (AvgIpc) is 3.22. The molecule has 0 saturated heterocycles. The minimum atomic E-state index is -4.37. The Balaban J connectivity index is 1.62. The van der Waals surface area contributed by atoms with E-state index in [1.54, 1.807) is 4.68 Å². The highest BCUT2D eigenvalue weighted by Gasteiger charge is 2.30. The van der Waals surface area contributed by atoms with Crippen molar-refractivity contribution in [3.05, 3.63) is 70.3 Å². The Morgan fingerprint density at radius 3 is 2.50 bits per heavy atom. The first kappa shape index (κ1) is 20.3.